The van der Waals surface area contributed by atoms with Gasteiger partial charge in [0.05, 0.1) is 0 Å². The fourth-order valence-corrected chi connectivity index (χ4v) is 3.87. The van der Waals surface area contributed by atoms with Gasteiger partial charge in [-0.25, -0.2) is 9.78 Å². The van der Waals surface area contributed by atoms with E-state index in [-0.39, 0.29) is 6.61 Å². The number of nitrogens with zero attached hydrogens (tertiary/aromatic N) is 2. The zero-order valence-corrected chi connectivity index (χ0v) is 13.8. The summed E-state index contributed by atoms with van der Waals surface area (Å²) in [6.45, 7) is 3.28. The molecule has 0 atom stereocenters. The Morgan fingerprint density at radius 1 is 1.30 bits per heavy atom. The average Bonchev–Trinajstić information content (AvgIpc) is 3.02. The number of rotatable bonds is 5. The SMILES string of the molecule is NC(=O)OCc1ncc(CN2CCC(c3ccccc3)CC2)s1. The number of ether oxygens (including phenoxy) is 1. The Hall–Kier alpha value is -1.92. The van der Waals surface area contributed by atoms with Crippen molar-refractivity contribution in [3.8, 4) is 0 Å². The number of hydrogen-bond donors (Lipinski definition) is 1. The topological polar surface area (TPSA) is 68.5 Å². The van der Waals surface area contributed by atoms with Crippen molar-refractivity contribution < 1.29 is 9.53 Å². The lowest BCUT2D eigenvalue weighted by Gasteiger charge is -2.31. The van der Waals surface area contributed by atoms with Crippen molar-refractivity contribution >= 4 is 17.4 Å². The highest BCUT2D eigenvalue weighted by Crippen LogP contribution is 2.29. The van der Waals surface area contributed by atoms with E-state index in [0.29, 0.717) is 5.92 Å². The van der Waals surface area contributed by atoms with E-state index in [9.17, 15) is 4.79 Å². The maximum Gasteiger partial charge on any atom is 0.404 e. The van der Waals surface area contributed by atoms with E-state index in [1.807, 2.05) is 6.20 Å². The zero-order valence-electron chi connectivity index (χ0n) is 13.0. The summed E-state index contributed by atoms with van der Waals surface area (Å²) in [4.78, 5) is 18.6. The van der Waals surface area contributed by atoms with Crippen LogP contribution in [0.1, 0.15) is 34.2 Å². The van der Waals surface area contributed by atoms with Crippen LogP contribution in [0.2, 0.25) is 0 Å². The van der Waals surface area contributed by atoms with Gasteiger partial charge in [-0.3, -0.25) is 4.90 Å². The van der Waals surface area contributed by atoms with Crippen molar-refractivity contribution in [1.82, 2.24) is 9.88 Å². The lowest BCUT2D eigenvalue weighted by Crippen LogP contribution is -2.32. The Bertz CT molecular complexity index is 636. The molecule has 5 nitrogen and oxygen atoms in total. The minimum atomic E-state index is -0.760. The molecule has 6 heteroatoms. The second-order valence-corrected chi connectivity index (χ2v) is 6.99. The standard InChI is InChI=1S/C17H21N3O2S/c18-17(21)22-12-16-19-10-15(23-16)11-20-8-6-14(7-9-20)13-4-2-1-3-5-13/h1-5,10,14H,6-9,11-12H2,(H2,18,21). The molecule has 2 heterocycles. The Labute approximate surface area is 140 Å². The van der Waals surface area contributed by atoms with Crippen LogP contribution in [0, 0.1) is 0 Å². The van der Waals surface area contributed by atoms with Crippen molar-refractivity contribution in [2.45, 2.75) is 31.9 Å². The van der Waals surface area contributed by atoms with Gasteiger partial charge in [0.25, 0.3) is 0 Å². The first-order valence-electron chi connectivity index (χ1n) is 7.84. The first-order valence-corrected chi connectivity index (χ1v) is 8.65. The molecule has 2 N–H and O–H groups in total. The number of hydrogen-bond acceptors (Lipinski definition) is 5. The van der Waals surface area contributed by atoms with Gasteiger partial charge in [-0.15, -0.1) is 11.3 Å². The summed E-state index contributed by atoms with van der Waals surface area (Å²) in [5.41, 5.74) is 6.42. The van der Waals surface area contributed by atoms with Crippen LogP contribution in [0.5, 0.6) is 0 Å². The normalized spacial score (nSPS) is 16.3. The first-order chi connectivity index (χ1) is 11.2. The molecule has 1 amide bonds. The fourth-order valence-electron chi connectivity index (χ4n) is 2.99. The summed E-state index contributed by atoms with van der Waals surface area (Å²) in [5.74, 6) is 0.674. The first kappa shape index (κ1) is 16.0. The number of likely N-dealkylation sites (tertiary alicyclic amines) is 1. The van der Waals surface area contributed by atoms with Crippen molar-refractivity contribution in [3.63, 3.8) is 0 Å². The van der Waals surface area contributed by atoms with Gasteiger partial charge in [0, 0.05) is 17.6 Å². The van der Waals surface area contributed by atoms with Gasteiger partial charge in [-0.1, -0.05) is 30.3 Å². The third-order valence-electron chi connectivity index (χ3n) is 4.18. The Morgan fingerprint density at radius 2 is 2.04 bits per heavy atom. The Balaban J connectivity index is 1.48. The molecule has 3 rings (SSSR count). The molecule has 1 aliphatic heterocycles. The number of benzene rings is 1. The largest absolute Gasteiger partial charge is 0.442 e. The minimum Gasteiger partial charge on any atom is -0.442 e. The van der Waals surface area contributed by atoms with Crippen LogP contribution in [-0.4, -0.2) is 29.1 Å². The van der Waals surface area contributed by atoms with Gasteiger partial charge in [-0.05, 0) is 37.4 Å². The number of aromatic nitrogens is 1. The number of piperidine rings is 1. The molecule has 1 aliphatic rings. The monoisotopic (exact) mass is 331 g/mol. The van der Waals surface area contributed by atoms with Gasteiger partial charge >= 0.3 is 6.09 Å². The van der Waals surface area contributed by atoms with Crippen molar-refractivity contribution in [3.05, 3.63) is 52.0 Å². The molecule has 0 radical (unpaired) electrons. The van der Waals surface area contributed by atoms with Crippen LogP contribution in [0.3, 0.4) is 0 Å². The van der Waals surface area contributed by atoms with E-state index >= 15 is 0 Å². The van der Waals surface area contributed by atoms with E-state index in [1.165, 1.54) is 23.3 Å². The molecule has 1 saturated heterocycles. The fraction of sp³-hybridized carbons (Fsp3) is 0.412. The van der Waals surface area contributed by atoms with Gasteiger partial charge in [0.1, 0.15) is 11.6 Å². The zero-order chi connectivity index (χ0) is 16.1. The van der Waals surface area contributed by atoms with Crippen LogP contribution in [-0.2, 0) is 17.9 Å². The van der Waals surface area contributed by atoms with E-state index in [4.69, 9.17) is 10.5 Å². The van der Waals surface area contributed by atoms with Gasteiger partial charge in [0.15, 0.2) is 0 Å². The second-order valence-electron chi connectivity index (χ2n) is 5.79. The molecule has 2 aromatic rings. The molecule has 0 aliphatic carbocycles. The summed E-state index contributed by atoms with van der Waals surface area (Å²) in [7, 11) is 0. The molecule has 23 heavy (non-hydrogen) atoms. The highest BCUT2D eigenvalue weighted by molar-refractivity contribution is 7.11. The van der Waals surface area contributed by atoms with Crippen LogP contribution < -0.4 is 5.73 Å². The van der Waals surface area contributed by atoms with E-state index in [1.54, 1.807) is 11.3 Å². The number of amides is 1. The van der Waals surface area contributed by atoms with E-state index < -0.39 is 6.09 Å². The maximum atomic E-state index is 10.6. The second kappa shape index (κ2) is 7.57. The smallest absolute Gasteiger partial charge is 0.404 e. The highest BCUT2D eigenvalue weighted by atomic mass is 32.1. The quantitative estimate of drug-likeness (QED) is 0.914. The number of primary amides is 1. The predicted molar refractivity (Wildman–Crippen MR) is 90.2 cm³/mol. The van der Waals surface area contributed by atoms with Gasteiger partial charge in [-0.2, -0.15) is 0 Å². The molecule has 0 unspecified atom stereocenters. The number of nitrogens with two attached hydrogens (primary N) is 1. The average molecular weight is 331 g/mol. The molecule has 0 spiro atoms. The van der Waals surface area contributed by atoms with Crippen LogP contribution in [0.25, 0.3) is 0 Å². The predicted octanol–water partition coefficient (Wildman–Crippen LogP) is 3.12. The van der Waals surface area contributed by atoms with Crippen molar-refractivity contribution in [2.24, 2.45) is 5.73 Å². The molecular formula is C17H21N3O2S. The highest BCUT2D eigenvalue weighted by Gasteiger charge is 2.21. The third-order valence-corrected chi connectivity index (χ3v) is 5.13. The van der Waals surface area contributed by atoms with Crippen LogP contribution >= 0.6 is 11.3 Å². The molecule has 122 valence electrons. The third kappa shape index (κ3) is 4.53. The minimum absolute atomic E-state index is 0.163. The summed E-state index contributed by atoms with van der Waals surface area (Å²) >= 11 is 1.58. The molecule has 1 aromatic heterocycles. The van der Waals surface area contributed by atoms with Crippen LogP contribution in [0.15, 0.2) is 36.5 Å². The lowest BCUT2D eigenvalue weighted by atomic mass is 9.89. The summed E-state index contributed by atoms with van der Waals surface area (Å²) < 4.78 is 4.77. The van der Waals surface area contributed by atoms with Gasteiger partial charge in [0.2, 0.25) is 0 Å². The molecule has 1 fully saturated rings. The Morgan fingerprint density at radius 3 is 2.74 bits per heavy atom. The molecule has 0 saturated carbocycles. The number of carbonyl (C=O) groups is 1. The molecule has 1 aromatic carbocycles. The van der Waals surface area contributed by atoms with Crippen molar-refractivity contribution in [1.29, 1.82) is 0 Å². The van der Waals surface area contributed by atoms with E-state index in [0.717, 1.165) is 24.6 Å². The van der Waals surface area contributed by atoms with Crippen LogP contribution in [0.4, 0.5) is 4.79 Å². The Kier molecular flexibility index (Phi) is 5.25. The molecule has 0 bridgehead atoms. The summed E-state index contributed by atoms with van der Waals surface area (Å²) in [5, 5.41) is 0.790. The van der Waals surface area contributed by atoms with Crippen molar-refractivity contribution in [2.75, 3.05) is 13.1 Å². The number of thiazole rings is 1. The maximum absolute atomic E-state index is 10.6. The van der Waals surface area contributed by atoms with Gasteiger partial charge < -0.3 is 10.5 Å². The van der Waals surface area contributed by atoms with E-state index in [2.05, 4.69) is 40.2 Å². The lowest BCUT2D eigenvalue weighted by molar-refractivity contribution is 0.150. The number of carbonyl (C=O) groups excluding carboxylic acids is 1. The summed E-state index contributed by atoms with van der Waals surface area (Å²) in [6, 6.07) is 10.8. The molecular weight excluding hydrogens is 310 g/mol. The summed E-state index contributed by atoms with van der Waals surface area (Å²) in [6.07, 6.45) is 3.50.